The van der Waals surface area contributed by atoms with Crippen LogP contribution in [0.1, 0.15) is 103 Å². The van der Waals surface area contributed by atoms with Crippen LogP contribution in [-0.4, -0.2) is 100 Å². The van der Waals surface area contributed by atoms with E-state index in [9.17, 15) is 31.7 Å². The Morgan fingerprint density at radius 3 is 1.12 bits per heavy atom. The molecule has 0 saturated heterocycles. The molecule has 0 fully saturated rings. The summed E-state index contributed by atoms with van der Waals surface area (Å²) in [5.74, 6) is -2.27. The monoisotopic (exact) mass is 1250 g/mol. The summed E-state index contributed by atoms with van der Waals surface area (Å²) >= 11 is 0. The standard InChI is InChI=1S/C13H9F2N3O.C13H10FN3O.C13H11N3O.C13H14N2O3S.C12H11N3O3/c14-10-3-8(4-11(15)9(10)5-16)13-12-6-17-7-18(12)1-2-19-13;14-11-5-9(1-2-10(11)6-15)13-12-7-16-8-17(12)3-4-18-13;14-7-10-1-3-11(4-2-10)13-12-8-15-9-16(12)5-6-17-13;1-19(16,17)11-4-2-10(3-5-11)13-12-8-14-9-15(12)6-7-18-13;16-15(17)10-3-1-9(2-4-10)12-11-7-13-8-14(11)5-6-18-12/h3-4,6-7,13H,1-2H2;1-2,5,7-8,13H,3-4H2;1-4,8-9,13H,5-6H2;2-5,8-9,13H,6-7H2,1H3;1-4,7-8,12H,5-6H2. The Kier molecular flexibility index (Phi) is 19.1. The molecule has 5 aliphatic rings. The number of nitriles is 3. The van der Waals surface area contributed by atoms with Crippen LogP contribution in [0.2, 0.25) is 0 Å². The van der Waals surface area contributed by atoms with Crippen LogP contribution in [0, 0.1) is 61.6 Å². The summed E-state index contributed by atoms with van der Waals surface area (Å²) in [6.07, 6.45) is 17.4. The molecule has 462 valence electrons. The maximum Gasteiger partial charge on any atom is 0.269 e. The highest BCUT2D eigenvalue weighted by molar-refractivity contribution is 7.90. The van der Waals surface area contributed by atoms with Crippen LogP contribution in [0.15, 0.2) is 171 Å². The summed E-state index contributed by atoms with van der Waals surface area (Å²) in [7, 11) is -3.16. The third kappa shape index (κ3) is 14.1. The number of aromatic nitrogens is 10. The lowest BCUT2D eigenvalue weighted by Gasteiger charge is -2.25. The molecule has 10 aromatic rings. The molecule has 0 amide bonds. The van der Waals surface area contributed by atoms with Gasteiger partial charge in [-0.1, -0.05) is 30.3 Å². The zero-order valence-electron chi connectivity index (χ0n) is 48.5. The van der Waals surface area contributed by atoms with Crippen molar-refractivity contribution in [3.63, 3.8) is 0 Å². The summed E-state index contributed by atoms with van der Waals surface area (Å²) < 4.78 is 102. The number of hydrogen-bond acceptors (Lipinski definition) is 17. The van der Waals surface area contributed by atoms with E-state index in [1.807, 2.05) is 50.5 Å². The number of non-ortho nitro benzene ring substituents is 1. The molecule has 0 aliphatic carbocycles. The summed E-state index contributed by atoms with van der Waals surface area (Å²) in [6, 6.07) is 33.0. The van der Waals surface area contributed by atoms with Crippen molar-refractivity contribution < 1.29 is 50.2 Å². The molecule has 5 atom stereocenters. The zero-order chi connectivity index (χ0) is 63.6. The van der Waals surface area contributed by atoms with Crippen LogP contribution in [0.4, 0.5) is 18.9 Å². The Hall–Kier alpha value is -10.4. The molecule has 23 nitrogen and oxygen atoms in total. The van der Waals surface area contributed by atoms with Gasteiger partial charge in [0.05, 0.1) is 151 Å². The maximum atomic E-state index is 13.6. The minimum Gasteiger partial charge on any atom is -0.365 e. The molecule has 27 heteroatoms. The normalized spacial score (nSPS) is 18.4. The first-order chi connectivity index (χ1) is 44.2. The average Bonchev–Trinajstić information content (AvgIpc) is 3.41. The van der Waals surface area contributed by atoms with Gasteiger partial charge in [-0.05, 0) is 88.5 Å². The fraction of sp³-hybridized carbons (Fsp3) is 0.250. The van der Waals surface area contributed by atoms with Crippen LogP contribution in [0.3, 0.4) is 0 Å². The van der Waals surface area contributed by atoms with Gasteiger partial charge in [-0.2, -0.15) is 15.8 Å². The molecule has 0 radical (unpaired) electrons. The quantitative estimate of drug-likeness (QED) is 0.106. The van der Waals surface area contributed by atoms with Gasteiger partial charge in [0, 0.05) is 51.1 Å². The summed E-state index contributed by atoms with van der Waals surface area (Å²) in [6.45, 7) is 6.79. The molecule has 5 aromatic carbocycles. The lowest BCUT2D eigenvalue weighted by molar-refractivity contribution is -0.384. The van der Waals surface area contributed by atoms with E-state index in [1.165, 1.54) is 36.6 Å². The maximum absolute atomic E-state index is 13.6. The van der Waals surface area contributed by atoms with Crippen molar-refractivity contribution in [2.75, 3.05) is 39.3 Å². The van der Waals surface area contributed by atoms with Gasteiger partial charge in [-0.25, -0.2) is 46.5 Å². The van der Waals surface area contributed by atoms with Gasteiger partial charge in [0.25, 0.3) is 5.69 Å². The molecule has 5 aliphatic heterocycles. The largest absolute Gasteiger partial charge is 0.365 e. The second kappa shape index (κ2) is 27.9. The van der Waals surface area contributed by atoms with Crippen molar-refractivity contribution in [3.05, 3.63) is 266 Å². The molecule has 5 aromatic heterocycles. The summed E-state index contributed by atoms with van der Waals surface area (Å²) in [5, 5.41) is 36.7. The Morgan fingerprint density at radius 2 is 0.791 bits per heavy atom. The van der Waals surface area contributed by atoms with E-state index in [1.54, 1.807) is 98.6 Å². The molecule has 5 unspecified atom stereocenters. The number of rotatable bonds is 7. The molecule has 10 heterocycles. The van der Waals surface area contributed by atoms with Gasteiger partial charge in [-0.15, -0.1) is 0 Å². The van der Waals surface area contributed by atoms with Gasteiger partial charge in [0.1, 0.15) is 65.7 Å². The van der Waals surface area contributed by atoms with Gasteiger partial charge in [0.2, 0.25) is 0 Å². The lowest BCUT2D eigenvalue weighted by Crippen LogP contribution is -2.21. The van der Waals surface area contributed by atoms with E-state index >= 15 is 0 Å². The minimum atomic E-state index is -3.16. The van der Waals surface area contributed by atoms with Crippen molar-refractivity contribution >= 4 is 15.5 Å². The minimum absolute atomic E-state index is 0.0445. The molecule has 0 N–H and O–H groups in total. The van der Waals surface area contributed by atoms with E-state index in [4.69, 9.17) is 39.5 Å². The number of benzene rings is 5. The number of imidazole rings is 5. The summed E-state index contributed by atoms with van der Waals surface area (Å²) in [5.41, 5.74) is 8.87. The zero-order valence-corrected chi connectivity index (χ0v) is 49.3. The van der Waals surface area contributed by atoms with Crippen molar-refractivity contribution in [1.82, 2.24) is 47.8 Å². The molecule has 15 rings (SSSR count). The molecular formula is C64H55F3N14O9S. The fourth-order valence-electron chi connectivity index (χ4n) is 10.8. The number of fused-ring (bicyclic) bond motifs is 5. The molecular weight excluding hydrogens is 1200 g/mol. The SMILES string of the molecule is CS(=O)(=O)c1ccc(C2OCCn3cncc32)cc1.N#Cc1c(F)cc(C2OCCn3cncc32)cc1F.N#Cc1ccc(C2OCCn3cncc32)cc1.N#Cc1ccc(C2OCCn3cncc32)cc1F.O=[N+]([O-])c1ccc(C2OCCn3cncc32)cc1. The van der Waals surface area contributed by atoms with Crippen molar-refractivity contribution in [1.29, 1.82) is 15.8 Å². The van der Waals surface area contributed by atoms with Gasteiger partial charge >= 0.3 is 0 Å². The smallest absolute Gasteiger partial charge is 0.269 e. The van der Waals surface area contributed by atoms with Crippen LogP contribution < -0.4 is 0 Å². The van der Waals surface area contributed by atoms with Crippen LogP contribution in [-0.2, 0) is 66.2 Å². The number of sulfone groups is 1. The van der Waals surface area contributed by atoms with Crippen molar-refractivity contribution in [2.24, 2.45) is 0 Å². The predicted molar refractivity (Wildman–Crippen MR) is 316 cm³/mol. The highest BCUT2D eigenvalue weighted by Crippen LogP contribution is 2.35. The van der Waals surface area contributed by atoms with Gasteiger partial charge in [-0.3, -0.25) is 10.1 Å². The first-order valence-electron chi connectivity index (χ1n) is 28.4. The second-order valence-electron chi connectivity index (χ2n) is 21.1. The molecule has 91 heavy (non-hydrogen) atoms. The number of halogens is 3. The first-order valence-corrected chi connectivity index (χ1v) is 30.3. The predicted octanol–water partition coefficient (Wildman–Crippen LogP) is 9.36. The number of nitro groups is 1. The number of nitrogens with zero attached hydrogens (tertiary/aromatic N) is 14. The fourth-order valence-corrected chi connectivity index (χ4v) is 11.4. The molecule has 0 bridgehead atoms. The van der Waals surface area contributed by atoms with Gasteiger partial charge < -0.3 is 46.5 Å². The second-order valence-corrected chi connectivity index (χ2v) is 23.1. The molecule has 0 spiro atoms. The number of hydrogen-bond donors (Lipinski definition) is 0. The van der Waals surface area contributed by atoms with E-state index in [0.29, 0.717) is 61.2 Å². The van der Waals surface area contributed by atoms with E-state index in [-0.39, 0.29) is 35.7 Å². The Bertz CT molecular complexity index is 4430. The highest BCUT2D eigenvalue weighted by Gasteiger charge is 2.29. The summed E-state index contributed by atoms with van der Waals surface area (Å²) in [4.78, 5) is 31.0. The average molecular weight is 1250 g/mol. The third-order valence-corrected chi connectivity index (χ3v) is 16.5. The van der Waals surface area contributed by atoms with Crippen molar-refractivity contribution in [3.8, 4) is 18.2 Å². The van der Waals surface area contributed by atoms with Crippen LogP contribution in [0.5, 0.6) is 0 Å². The highest BCUT2D eigenvalue weighted by atomic mass is 32.2. The Morgan fingerprint density at radius 1 is 0.462 bits per heavy atom. The van der Waals surface area contributed by atoms with Crippen LogP contribution in [0.25, 0.3) is 0 Å². The number of ether oxygens (including phenoxy) is 5. The molecule has 0 saturated carbocycles. The topological polar surface area (TPSA) is 284 Å². The lowest BCUT2D eigenvalue weighted by atomic mass is 10.0. The number of nitro benzene ring substituents is 1. The Balaban J connectivity index is 0.000000117. The van der Waals surface area contributed by atoms with Crippen LogP contribution >= 0.6 is 0 Å². The van der Waals surface area contributed by atoms with Crippen molar-refractivity contribution in [2.45, 2.75) is 68.1 Å². The van der Waals surface area contributed by atoms with E-state index in [0.717, 1.165) is 83.5 Å². The van der Waals surface area contributed by atoms with E-state index in [2.05, 4.69) is 40.1 Å². The van der Waals surface area contributed by atoms with E-state index < -0.39 is 43.9 Å². The third-order valence-electron chi connectivity index (χ3n) is 15.4. The van der Waals surface area contributed by atoms with Gasteiger partial charge in [0.15, 0.2) is 9.84 Å². The first kappa shape index (κ1) is 62.2. The Labute approximate surface area is 519 Å².